The van der Waals surface area contributed by atoms with E-state index >= 15 is 0 Å². The summed E-state index contributed by atoms with van der Waals surface area (Å²) in [5.74, 6) is -0.935. The molecule has 3 heteroatoms. The van der Waals surface area contributed by atoms with E-state index in [2.05, 4.69) is 6.58 Å². The molecule has 60 valence electrons. The first kappa shape index (κ1) is 11.9. The van der Waals surface area contributed by atoms with Crippen molar-refractivity contribution in [2.75, 3.05) is 21.1 Å². The molecule has 0 unspecified atom stereocenters. The summed E-state index contributed by atoms with van der Waals surface area (Å²) in [6.45, 7) is 4.60. The second-order valence-electron chi connectivity index (χ2n) is 2.43. The van der Waals surface area contributed by atoms with Gasteiger partial charge in [0.05, 0.1) is 0 Å². The number of carboxylic acid groups (broad SMARTS) is 1. The number of hydrogen-bond donors (Lipinski definition) is 1. The quantitative estimate of drug-likeness (QED) is 0.555. The SMILES string of the molecule is C=C(C)C(=O)O.CN(C)C. The van der Waals surface area contributed by atoms with Crippen molar-refractivity contribution in [3.63, 3.8) is 0 Å². The number of nitrogens with zero attached hydrogens (tertiary/aromatic N) is 1. The van der Waals surface area contributed by atoms with Gasteiger partial charge in [0.2, 0.25) is 0 Å². The molecule has 10 heavy (non-hydrogen) atoms. The van der Waals surface area contributed by atoms with E-state index in [1.54, 1.807) is 0 Å². The Bertz CT molecular complexity index is 104. The van der Waals surface area contributed by atoms with Gasteiger partial charge < -0.3 is 10.0 Å². The molecule has 0 aliphatic rings. The fourth-order valence-corrected chi connectivity index (χ4v) is 0. The molecule has 0 aromatic rings. The topological polar surface area (TPSA) is 40.5 Å². The third-order valence-electron chi connectivity index (χ3n) is 0.365. The molecule has 0 aromatic carbocycles. The van der Waals surface area contributed by atoms with Gasteiger partial charge in [-0.3, -0.25) is 0 Å². The molecule has 3 nitrogen and oxygen atoms in total. The molecule has 0 rings (SSSR count). The van der Waals surface area contributed by atoms with Gasteiger partial charge in [-0.05, 0) is 28.1 Å². The molecule has 0 fully saturated rings. The van der Waals surface area contributed by atoms with Crippen LogP contribution in [0.4, 0.5) is 0 Å². The van der Waals surface area contributed by atoms with Gasteiger partial charge in [-0.2, -0.15) is 0 Å². The fourth-order valence-electron chi connectivity index (χ4n) is 0. The minimum atomic E-state index is -0.935. The first-order valence-corrected chi connectivity index (χ1v) is 2.87. The highest BCUT2D eigenvalue weighted by atomic mass is 16.4. The lowest BCUT2D eigenvalue weighted by atomic mass is 10.4. The second kappa shape index (κ2) is 6.29. The van der Waals surface area contributed by atoms with Crippen LogP contribution in [0.25, 0.3) is 0 Å². The molecule has 0 bridgehead atoms. The van der Waals surface area contributed by atoms with E-state index in [4.69, 9.17) is 5.11 Å². The van der Waals surface area contributed by atoms with Crippen molar-refractivity contribution >= 4 is 5.97 Å². The lowest BCUT2D eigenvalue weighted by molar-refractivity contribution is -0.132. The van der Waals surface area contributed by atoms with Crippen LogP contribution in [-0.4, -0.2) is 37.1 Å². The molecule has 0 heterocycles. The average Bonchev–Trinajstić information content (AvgIpc) is 1.63. The Morgan fingerprint density at radius 1 is 1.40 bits per heavy atom. The van der Waals surface area contributed by atoms with Gasteiger partial charge in [-0.25, -0.2) is 4.79 Å². The molecule has 0 aliphatic carbocycles. The van der Waals surface area contributed by atoms with E-state index in [0.717, 1.165) is 0 Å². The molecule has 0 saturated heterocycles. The van der Waals surface area contributed by atoms with Crippen LogP contribution in [0.1, 0.15) is 6.92 Å². The monoisotopic (exact) mass is 145 g/mol. The van der Waals surface area contributed by atoms with Crippen LogP contribution in [0.3, 0.4) is 0 Å². The minimum Gasteiger partial charge on any atom is -0.478 e. The number of hydrogen-bond acceptors (Lipinski definition) is 2. The molecule has 0 aromatic heterocycles. The summed E-state index contributed by atoms with van der Waals surface area (Å²) >= 11 is 0. The summed E-state index contributed by atoms with van der Waals surface area (Å²) in [6, 6.07) is 0. The van der Waals surface area contributed by atoms with E-state index in [1.165, 1.54) is 6.92 Å². The third-order valence-corrected chi connectivity index (χ3v) is 0.365. The van der Waals surface area contributed by atoms with Gasteiger partial charge >= 0.3 is 5.97 Å². The molecule has 0 radical (unpaired) electrons. The summed E-state index contributed by atoms with van der Waals surface area (Å²) in [5, 5.41) is 7.89. The zero-order chi connectivity index (χ0) is 8.73. The summed E-state index contributed by atoms with van der Waals surface area (Å²) in [5.41, 5.74) is 0.176. The summed E-state index contributed by atoms with van der Waals surface area (Å²) in [6.07, 6.45) is 0. The summed E-state index contributed by atoms with van der Waals surface area (Å²) < 4.78 is 0. The van der Waals surface area contributed by atoms with E-state index in [9.17, 15) is 4.79 Å². The third kappa shape index (κ3) is 27.2. The van der Waals surface area contributed by atoms with Crippen molar-refractivity contribution in [2.45, 2.75) is 6.92 Å². The Morgan fingerprint density at radius 2 is 1.50 bits per heavy atom. The Kier molecular flexibility index (Phi) is 7.49. The largest absolute Gasteiger partial charge is 0.478 e. The maximum absolute atomic E-state index is 9.60. The minimum absolute atomic E-state index is 0.176. The number of carboxylic acids is 1. The Hall–Kier alpha value is -0.830. The maximum atomic E-state index is 9.60. The smallest absolute Gasteiger partial charge is 0.330 e. The van der Waals surface area contributed by atoms with Crippen LogP contribution in [0, 0.1) is 0 Å². The second-order valence-corrected chi connectivity index (χ2v) is 2.43. The van der Waals surface area contributed by atoms with Gasteiger partial charge in [0.15, 0.2) is 0 Å². The Labute approximate surface area is 62.0 Å². The van der Waals surface area contributed by atoms with Crippen LogP contribution in [0.15, 0.2) is 12.2 Å². The van der Waals surface area contributed by atoms with Gasteiger partial charge in [-0.15, -0.1) is 0 Å². The number of rotatable bonds is 1. The molecule has 0 saturated carbocycles. The maximum Gasteiger partial charge on any atom is 0.330 e. The van der Waals surface area contributed by atoms with Crippen molar-refractivity contribution < 1.29 is 9.90 Å². The molecule has 0 aliphatic heterocycles. The van der Waals surface area contributed by atoms with Crippen LogP contribution in [0.2, 0.25) is 0 Å². The zero-order valence-electron chi connectivity index (χ0n) is 7.01. The van der Waals surface area contributed by atoms with Gasteiger partial charge in [0.1, 0.15) is 0 Å². The highest BCUT2D eigenvalue weighted by molar-refractivity contribution is 5.84. The van der Waals surface area contributed by atoms with Gasteiger partial charge in [0, 0.05) is 5.57 Å². The predicted molar refractivity (Wildman–Crippen MR) is 42.1 cm³/mol. The van der Waals surface area contributed by atoms with E-state index in [0.29, 0.717) is 0 Å². The van der Waals surface area contributed by atoms with E-state index in [-0.39, 0.29) is 5.57 Å². The average molecular weight is 145 g/mol. The molecule has 0 atom stereocenters. The lowest BCUT2D eigenvalue weighted by Crippen LogP contribution is -1.99. The molecular weight excluding hydrogens is 130 g/mol. The van der Waals surface area contributed by atoms with Crippen LogP contribution in [-0.2, 0) is 4.79 Å². The first-order chi connectivity index (χ1) is 4.37. The number of aliphatic carboxylic acids is 1. The van der Waals surface area contributed by atoms with E-state index < -0.39 is 5.97 Å². The van der Waals surface area contributed by atoms with Crippen molar-refractivity contribution in [1.29, 1.82) is 0 Å². The zero-order valence-corrected chi connectivity index (χ0v) is 7.01. The Balaban J connectivity index is 0. The van der Waals surface area contributed by atoms with Crippen molar-refractivity contribution in [2.24, 2.45) is 0 Å². The fraction of sp³-hybridized carbons (Fsp3) is 0.571. The highest BCUT2D eigenvalue weighted by Gasteiger charge is 1.90. The molecule has 0 spiro atoms. The van der Waals surface area contributed by atoms with Gasteiger partial charge in [-0.1, -0.05) is 6.58 Å². The molecular formula is C7H15NO2. The Morgan fingerprint density at radius 3 is 1.50 bits per heavy atom. The van der Waals surface area contributed by atoms with Crippen molar-refractivity contribution in [3.05, 3.63) is 12.2 Å². The van der Waals surface area contributed by atoms with Gasteiger partial charge in [0.25, 0.3) is 0 Å². The first-order valence-electron chi connectivity index (χ1n) is 2.87. The molecule has 1 N–H and O–H groups in total. The van der Waals surface area contributed by atoms with Crippen molar-refractivity contribution in [3.8, 4) is 0 Å². The summed E-state index contributed by atoms with van der Waals surface area (Å²) in [4.78, 5) is 11.6. The standard InChI is InChI=1S/C4H6O2.C3H9N/c1-3(2)4(5)6;1-4(2)3/h1H2,2H3,(H,5,6);1-3H3. The lowest BCUT2D eigenvalue weighted by Gasteiger charge is -1.90. The summed E-state index contributed by atoms with van der Waals surface area (Å²) in [7, 11) is 6.00. The predicted octanol–water partition coefficient (Wildman–Crippen LogP) is 0.825. The molecule has 0 amide bonds. The highest BCUT2D eigenvalue weighted by Crippen LogP contribution is 1.81. The van der Waals surface area contributed by atoms with Crippen LogP contribution in [0.5, 0.6) is 0 Å². The van der Waals surface area contributed by atoms with E-state index in [1.807, 2.05) is 26.0 Å². The normalized spacial score (nSPS) is 8.10. The van der Waals surface area contributed by atoms with Crippen molar-refractivity contribution in [1.82, 2.24) is 4.90 Å². The number of carbonyl (C=O) groups is 1. The van der Waals surface area contributed by atoms with Crippen LogP contribution >= 0.6 is 0 Å². The van der Waals surface area contributed by atoms with Crippen LogP contribution < -0.4 is 0 Å².